The first-order valence-corrected chi connectivity index (χ1v) is 6.85. The lowest BCUT2D eigenvalue weighted by molar-refractivity contribution is -0.151. The average molecular weight is 299 g/mol. The van der Waals surface area contributed by atoms with E-state index in [0.717, 1.165) is 5.39 Å². The van der Waals surface area contributed by atoms with Crippen LogP contribution in [0.4, 0.5) is 17.6 Å². The summed E-state index contributed by atoms with van der Waals surface area (Å²) < 4.78 is 53.4. The molecule has 2 rings (SSSR count). The second-order valence-corrected chi connectivity index (χ2v) is 4.93. The molecule has 0 aliphatic heterocycles. The molecular formula is C16H17F4N. The molecule has 2 aromatic rings. The Hall–Kier alpha value is -1.62. The number of rotatable bonds is 6. The number of hydrogen-bond donors (Lipinski definition) is 1. The van der Waals surface area contributed by atoms with Crippen LogP contribution in [-0.4, -0.2) is 18.9 Å². The Kier molecular flexibility index (Phi) is 4.83. The molecule has 114 valence electrons. The lowest BCUT2D eigenvalue weighted by Crippen LogP contribution is -2.43. The smallest absolute Gasteiger partial charge is 0.305 e. The van der Waals surface area contributed by atoms with Crippen LogP contribution < -0.4 is 5.32 Å². The van der Waals surface area contributed by atoms with Crippen molar-refractivity contribution in [1.29, 1.82) is 0 Å². The van der Waals surface area contributed by atoms with Gasteiger partial charge in [-0.2, -0.15) is 8.78 Å². The van der Waals surface area contributed by atoms with E-state index in [0.29, 0.717) is 11.8 Å². The van der Waals surface area contributed by atoms with Crippen LogP contribution in [0.2, 0.25) is 0 Å². The second kappa shape index (κ2) is 6.43. The summed E-state index contributed by atoms with van der Waals surface area (Å²) >= 11 is 0. The molecule has 0 radical (unpaired) electrons. The highest BCUT2D eigenvalue weighted by atomic mass is 19.3. The summed E-state index contributed by atoms with van der Waals surface area (Å²) in [6, 6.07) is 10.1. The zero-order valence-electron chi connectivity index (χ0n) is 11.6. The van der Waals surface area contributed by atoms with Gasteiger partial charge in [-0.05, 0) is 29.3 Å². The molecule has 0 bridgehead atoms. The van der Waals surface area contributed by atoms with Crippen LogP contribution in [0.3, 0.4) is 0 Å². The van der Waals surface area contributed by atoms with Gasteiger partial charge in [-0.1, -0.05) is 49.4 Å². The summed E-state index contributed by atoms with van der Waals surface area (Å²) in [5.41, 5.74) is 0.201. The lowest BCUT2D eigenvalue weighted by atomic mass is 9.94. The Morgan fingerprint density at radius 3 is 2.38 bits per heavy atom. The van der Waals surface area contributed by atoms with Crippen LogP contribution in [0, 0.1) is 0 Å². The van der Waals surface area contributed by atoms with Gasteiger partial charge < -0.3 is 5.32 Å². The summed E-state index contributed by atoms with van der Waals surface area (Å²) in [5, 5.41) is 3.89. The van der Waals surface area contributed by atoms with Gasteiger partial charge in [0.05, 0.1) is 0 Å². The highest BCUT2D eigenvalue weighted by Gasteiger charge is 2.49. The van der Waals surface area contributed by atoms with Gasteiger partial charge in [0.2, 0.25) is 0 Å². The predicted molar refractivity (Wildman–Crippen MR) is 75.9 cm³/mol. The fourth-order valence-corrected chi connectivity index (χ4v) is 2.37. The van der Waals surface area contributed by atoms with E-state index in [1.807, 2.05) is 0 Å². The van der Waals surface area contributed by atoms with E-state index < -0.39 is 18.4 Å². The topological polar surface area (TPSA) is 12.0 Å². The maximum Gasteiger partial charge on any atom is 0.326 e. The number of hydrogen-bond acceptors (Lipinski definition) is 1. The van der Waals surface area contributed by atoms with Gasteiger partial charge >= 0.3 is 12.3 Å². The van der Waals surface area contributed by atoms with Crippen molar-refractivity contribution >= 4 is 10.8 Å². The fourth-order valence-electron chi connectivity index (χ4n) is 2.37. The number of halogens is 4. The minimum Gasteiger partial charge on any atom is -0.305 e. The van der Waals surface area contributed by atoms with Crippen LogP contribution in [0.15, 0.2) is 42.5 Å². The van der Waals surface area contributed by atoms with Gasteiger partial charge in [-0.3, -0.25) is 0 Å². The molecule has 0 aliphatic carbocycles. The molecule has 1 atom stereocenters. The summed E-state index contributed by atoms with van der Waals surface area (Å²) in [5.74, 6) is -4.13. The standard InChI is InChI=1S/C16H17F4N/c1-2-10-21-14(16(19,20)15(17)18)13-9-5-7-11-6-3-4-8-12(11)13/h3-9,14-15,21H,2,10H2,1H3. The maximum atomic E-state index is 13.9. The van der Waals surface area contributed by atoms with E-state index >= 15 is 0 Å². The molecule has 0 spiro atoms. The predicted octanol–water partition coefficient (Wildman–Crippen LogP) is 4.78. The monoisotopic (exact) mass is 299 g/mol. The van der Waals surface area contributed by atoms with Crippen molar-refractivity contribution in [3.8, 4) is 0 Å². The second-order valence-electron chi connectivity index (χ2n) is 4.93. The van der Waals surface area contributed by atoms with Crippen LogP contribution in [0.25, 0.3) is 10.8 Å². The molecule has 0 aliphatic rings. The first-order chi connectivity index (χ1) is 9.98. The number of benzene rings is 2. The highest BCUT2D eigenvalue weighted by Crippen LogP contribution is 2.39. The van der Waals surface area contributed by atoms with Crippen molar-refractivity contribution in [3.63, 3.8) is 0 Å². The Morgan fingerprint density at radius 2 is 1.71 bits per heavy atom. The van der Waals surface area contributed by atoms with Gasteiger partial charge in [0, 0.05) is 0 Å². The molecule has 0 aromatic heterocycles. The largest absolute Gasteiger partial charge is 0.326 e. The first-order valence-electron chi connectivity index (χ1n) is 6.85. The molecule has 21 heavy (non-hydrogen) atoms. The van der Waals surface area contributed by atoms with Gasteiger partial charge in [0.1, 0.15) is 6.04 Å². The van der Waals surface area contributed by atoms with E-state index in [-0.39, 0.29) is 12.1 Å². The van der Waals surface area contributed by atoms with E-state index in [2.05, 4.69) is 5.32 Å². The SMILES string of the molecule is CCCNC(c1cccc2ccccc12)C(F)(F)C(F)F. The minimum atomic E-state index is -4.13. The van der Waals surface area contributed by atoms with Gasteiger partial charge in [0.25, 0.3) is 0 Å². The van der Waals surface area contributed by atoms with E-state index in [4.69, 9.17) is 0 Å². The Balaban J connectivity index is 2.53. The quantitative estimate of drug-likeness (QED) is 0.757. The molecule has 2 aromatic carbocycles. The summed E-state index contributed by atoms with van der Waals surface area (Å²) in [7, 11) is 0. The average Bonchev–Trinajstić information content (AvgIpc) is 2.47. The van der Waals surface area contributed by atoms with Gasteiger partial charge in [0.15, 0.2) is 0 Å². The van der Waals surface area contributed by atoms with Crippen LogP contribution >= 0.6 is 0 Å². The molecule has 0 fully saturated rings. The molecule has 1 nitrogen and oxygen atoms in total. The van der Waals surface area contributed by atoms with E-state index in [1.54, 1.807) is 43.3 Å². The third-order valence-corrected chi connectivity index (χ3v) is 3.41. The molecule has 0 amide bonds. The zero-order valence-corrected chi connectivity index (χ0v) is 11.6. The Bertz CT molecular complexity index is 592. The zero-order chi connectivity index (χ0) is 15.5. The number of nitrogens with one attached hydrogen (secondary N) is 1. The summed E-state index contributed by atoms with van der Waals surface area (Å²) in [6.07, 6.45) is -3.13. The van der Waals surface area contributed by atoms with Crippen molar-refractivity contribution in [2.24, 2.45) is 0 Å². The molecular weight excluding hydrogens is 282 g/mol. The molecule has 1 N–H and O–H groups in total. The first kappa shape index (κ1) is 15.8. The fraction of sp³-hybridized carbons (Fsp3) is 0.375. The molecule has 0 saturated carbocycles. The number of fused-ring (bicyclic) bond motifs is 1. The molecule has 1 unspecified atom stereocenters. The normalized spacial score (nSPS) is 13.8. The van der Waals surface area contributed by atoms with Crippen molar-refractivity contribution in [2.75, 3.05) is 6.54 Å². The van der Waals surface area contributed by atoms with E-state index in [1.165, 1.54) is 6.07 Å². The van der Waals surface area contributed by atoms with E-state index in [9.17, 15) is 17.6 Å². The van der Waals surface area contributed by atoms with Crippen molar-refractivity contribution in [3.05, 3.63) is 48.0 Å². The van der Waals surface area contributed by atoms with Crippen LogP contribution in [-0.2, 0) is 0 Å². The summed E-state index contributed by atoms with van der Waals surface area (Å²) in [4.78, 5) is 0. The highest BCUT2D eigenvalue weighted by molar-refractivity contribution is 5.86. The third-order valence-electron chi connectivity index (χ3n) is 3.41. The van der Waals surface area contributed by atoms with Crippen molar-refractivity contribution < 1.29 is 17.6 Å². The number of alkyl halides is 4. The van der Waals surface area contributed by atoms with Crippen LogP contribution in [0.1, 0.15) is 24.9 Å². The van der Waals surface area contributed by atoms with Crippen molar-refractivity contribution in [1.82, 2.24) is 5.32 Å². The van der Waals surface area contributed by atoms with Gasteiger partial charge in [-0.25, -0.2) is 8.78 Å². The Labute approximate surface area is 121 Å². The molecule has 0 saturated heterocycles. The minimum absolute atomic E-state index is 0.201. The molecule has 0 heterocycles. The third kappa shape index (κ3) is 3.18. The lowest BCUT2D eigenvalue weighted by Gasteiger charge is -2.28. The summed E-state index contributed by atoms with van der Waals surface area (Å²) in [6.45, 7) is 2.05. The Morgan fingerprint density at radius 1 is 1.05 bits per heavy atom. The maximum absolute atomic E-state index is 13.9. The van der Waals surface area contributed by atoms with Gasteiger partial charge in [-0.15, -0.1) is 0 Å². The van der Waals surface area contributed by atoms with Crippen LogP contribution in [0.5, 0.6) is 0 Å². The molecule has 5 heteroatoms. The van der Waals surface area contributed by atoms with Crippen molar-refractivity contribution in [2.45, 2.75) is 31.7 Å².